The van der Waals surface area contributed by atoms with Crippen LogP contribution < -0.4 is 4.74 Å². The van der Waals surface area contributed by atoms with Gasteiger partial charge in [0.15, 0.2) is 0 Å². The Labute approximate surface area is 95.0 Å². The zero-order valence-corrected chi connectivity index (χ0v) is 9.73. The molecule has 1 aliphatic rings. The Morgan fingerprint density at radius 3 is 2.25 bits per heavy atom. The number of hydrogen-bond donors (Lipinski definition) is 1. The highest BCUT2D eigenvalue weighted by molar-refractivity contribution is 5.77. The van der Waals surface area contributed by atoms with E-state index < -0.39 is 5.97 Å². The third-order valence-electron chi connectivity index (χ3n) is 3.57. The first-order valence-corrected chi connectivity index (χ1v) is 5.35. The predicted molar refractivity (Wildman–Crippen MR) is 60.6 cm³/mol. The van der Waals surface area contributed by atoms with Gasteiger partial charge in [-0.05, 0) is 23.1 Å². The van der Waals surface area contributed by atoms with Crippen molar-refractivity contribution in [2.75, 3.05) is 7.11 Å². The molecule has 1 N–H and O–H groups in total. The second-order valence-electron chi connectivity index (χ2n) is 4.89. The zero-order chi connectivity index (χ0) is 11.9. The SMILES string of the molecule is COc1ccc([C@@H]2[C@@H](C(=O)O)C2(C)C)cc1. The van der Waals surface area contributed by atoms with Gasteiger partial charge in [0.1, 0.15) is 5.75 Å². The normalized spacial score (nSPS) is 26.2. The largest absolute Gasteiger partial charge is 0.497 e. The molecule has 16 heavy (non-hydrogen) atoms. The number of rotatable bonds is 3. The number of carboxylic acids is 1. The molecule has 3 nitrogen and oxygen atoms in total. The van der Waals surface area contributed by atoms with Crippen LogP contribution in [0.3, 0.4) is 0 Å². The fourth-order valence-corrected chi connectivity index (χ4v) is 2.53. The van der Waals surface area contributed by atoms with E-state index in [-0.39, 0.29) is 17.3 Å². The molecule has 0 spiro atoms. The Kier molecular flexibility index (Phi) is 2.41. The Bertz CT molecular complexity index is 406. The van der Waals surface area contributed by atoms with Crippen LogP contribution in [0, 0.1) is 11.3 Å². The predicted octanol–water partition coefficient (Wildman–Crippen LogP) is 2.52. The second-order valence-corrected chi connectivity index (χ2v) is 4.89. The van der Waals surface area contributed by atoms with E-state index in [2.05, 4.69) is 0 Å². The average molecular weight is 220 g/mol. The molecule has 1 fully saturated rings. The summed E-state index contributed by atoms with van der Waals surface area (Å²) in [5, 5.41) is 9.10. The summed E-state index contributed by atoms with van der Waals surface area (Å²) in [6.07, 6.45) is 0. The van der Waals surface area contributed by atoms with Crippen LogP contribution >= 0.6 is 0 Å². The molecule has 0 amide bonds. The topological polar surface area (TPSA) is 46.5 Å². The van der Waals surface area contributed by atoms with Gasteiger partial charge < -0.3 is 9.84 Å². The number of benzene rings is 1. The molecule has 86 valence electrons. The molecule has 2 rings (SSSR count). The Morgan fingerprint density at radius 2 is 1.88 bits per heavy atom. The lowest BCUT2D eigenvalue weighted by Gasteiger charge is -2.04. The fourth-order valence-electron chi connectivity index (χ4n) is 2.53. The standard InChI is InChI=1S/C13H16O3/c1-13(2)10(11(13)12(14)15)8-4-6-9(16-3)7-5-8/h4-7,10-11H,1-3H3,(H,14,15)/t10-,11+/m1/s1. The fraction of sp³-hybridized carbons (Fsp3) is 0.462. The van der Waals surface area contributed by atoms with Crippen molar-refractivity contribution in [2.24, 2.45) is 11.3 Å². The molecule has 1 aromatic carbocycles. The lowest BCUT2D eigenvalue weighted by Crippen LogP contribution is -2.03. The molecule has 0 aliphatic heterocycles. The third-order valence-corrected chi connectivity index (χ3v) is 3.57. The molecule has 0 bridgehead atoms. The molecule has 1 saturated carbocycles. The summed E-state index contributed by atoms with van der Waals surface area (Å²) in [4.78, 5) is 11.1. The van der Waals surface area contributed by atoms with E-state index in [0.29, 0.717) is 0 Å². The second kappa shape index (κ2) is 3.51. The van der Waals surface area contributed by atoms with Crippen molar-refractivity contribution in [2.45, 2.75) is 19.8 Å². The van der Waals surface area contributed by atoms with Gasteiger partial charge in [-0.25, -0.2) is 0 Å². The molecular formula is C13H16O3. The van der Waals surface area contributed by atoms with Crippen LogP contribution in [0.25, 0.3) is 0 Å². The first-order valence-electron chi connectivity index (χ1n) is 5.35. The molecule has 2 atom stereocenters. The van der Waals surface area contributed by atoms with Crippen molar-refractivity contribution in [3.05, 3.63) is 29.8 Å². The van der Waals surface area contributed by atoms with Gasteiger partial charge >= 0.3 is 5.97 Å². The van der Waals surface area contributed by atoms with Crippen LogP contribution in [0.1, 0.15) is 25.3 Å². The van der Waals surface area contributed by atoms with Gasteiger partial charge in [0.2, 0.25) is 0 Å². The van der Waals surface area contributed by atoms with Gasteiger partial charge in [-0.1, -0.05) is 26.0 Å². The molecular weight excluding hydrogens is 204 g/mol. The smallest absolute Gasteiger partial charge is 0.307 e. The number of ether oxygens (including phenoxy) is 1. The maximum absolute atomic E-state index is 11.1. The van der Waals surface area contributed by atoms with Crippen molar-refractivity contribution in [3.63, 3.8) is 0 Å². The molecule has 1 aliphatic carbocycles. The summed E-state index contributed by atoms with van der Waals surface area (Å²) in [7, 11) is 1.62. The highest BCUT2D eigenvalue weighted by Gasteiger charge is 2.62. The van der Waals surface area contributed by atoms with Gasteiger partial charge in [0.25, 0.3) is 0 Å². The molecule has 1 aromatic rings. The van der Waals surface area contributed by atoms with Gasteiger partial charge in [-0.2, -0.15) is 0 Å². The Balaban J connectivity index is 2.23. The van der Waals surface area contributed by atoms with Gasteiger partial charge in [-0.15, -0.1) is 0 Å². The summed E-state index contributed by atoms with van der Waals surface area (Å²) in [6.45, 7) is 4.00. The summed E-state index contributed by atoms with van der Waals surface area (Å²) < 4.78 is 5.08. The number of carboxylic acid groups (broad SMARTS) is 1. The molecule has 0 heterocycles. The minimum Gasteiger partial charge on any atom is -0.497 e. The molecule has 3 heteroatoms. The van der Waals surface area contributed by atoms with Gasteiger partial charge in [0, 0.05) is 5.92 Å². The van der Waals surface area contributed by atoms with Crippen LogP contribution in [-0.4, -0.2) is 18.2 Å². The van der Waals surface area contributed by atoms with E-state index in [1.54, 1.807) is 7.11 Å². The maximum atomic E-state index is 11.1. The molecule has 0 radical (unpaired) electrons. The number of methoxy groups -OCH3 is 1. The quantitative estimate of drug-likeness (QED) is 0.851. The van der Waals surface area contributed by atoms with Crippen LogP contribution in [0.5, 0.6) is 5.75 Å². The van der Waals surface area contributed by atoms with E-state index in [0.717, 1.165) is 11.3 Å². The van der Waals surface area contributed by atoms with E-state index in [1.165, 1.54) is 0 Å². The Hall–Kier alpha value is -1.51. The highest BCUT2D eigenvalue weighted by atomic mass is 16.5. The van der Waals surface area contributed by atoms with Crippen molar-refractivity contribution in [1.82, 2.24) is 0 Å². The molecule has 0 saturated heterocycles. The van der Waals surface area contributed by atoms with Crippen molar-refractivity contribution >= 4 is 5.97 Å². The summed E-state index contributed by atoms with van der Waals surface area (Å²) >= 11 is 0. The van der Waals surface area contributed by atoms with Crippen molar-refractivity contribution < 1.29 is 14.6 Å². The lowest BCUT2D eigenvalue weighted by molar-refractivity contribution is -0.139. The zero-order valence-electron chi connectivity index (χ0n) is 9.73. The van der Waals surface area contributed by atoms with Crippen LogP contribution in [-0.2, 0) is 4.79 Å². The van der Waals surface area contributed by atoms with Crippen molar-refractivity contribution in [3.8, 4) is 5.75 Å². The van der Waals surface area contributed by atoms with Gasteiger partial charge in [-0.3, -0.25) is 4.79 Å². The minimum atomic E-state index is -0.703. The summed E-state index contributed by atoms with van der Waals surface area (Å²) in [5.74, 6) is -0.0447. The van der Waals surface area contributed by atoms with Gasteiger partial charge in [0.05, 0.1) is 13.0 Å². The van der Waals surface area contributed by atoms with E-state index in [1.807, 2.05) is 38.1 Å². The van der Waals surface area contributed by atoms with E-state index in [9.17, 15) is 4.79 Å². The first kappa shape index (κ1) is 11.0. The Morgan fingerprint density at radius 1 is 1.31 bits per heavy atom. The minimum absolute atomic E-state index is 0.121. The monoisotopic (exact) mass is 220 g/mol. The first-order chi connectivity index (χ1) is 7.48. The number of hydrogen-bond acceptors (Lipinski definition) is 2. The number of aliphatic carboxylic acids is 1. The van der Waals surface area contributed by atoms with Crippen molar-refractivity contribution in [1.29, 1.82) is 0 Å². The lowest BCUT2D eigenvalue weighted by atomic mass is 10.0. The van der Waals surface area contributed by atoms with E-state index in [4.69, 9.17) is 9.84 Å². The number of carbonyl (C=O) groups is 1. The maximum Gasteiger partial charge on any atom is 0.307 e. The van der Waals surface area contributed by atoms with Crippen LogP contribution in [0.4, 0.5) is 0 Å². The van der Waals surface area contributed by atoms with Crippen LogP contribution in [0.15, 0.2) is 24.3 Å². The highest BCUT2D eigenvalue weighted by Crippen LogP contribution is 2.64. The molecule has 0 unspecified atom stereocenters. The van der Waals surface area contributed by atoms with E-state index >= 15 is 0 Å². The average Bonchev–Trinajstić information content (AvgIpc) is 2.82. The van der Waals surface area contributed by atoms with Crippen LogP contribution in [0.2, 0.25) is 0 Å². The summed E-state index contributed by atoms with van der Waals surface area (Å²) in [6, 6.07) is 7.66. The summed E-state index contributed by atoms with van der Waals surface area (Å²) in [5.41, 5.74) is 0.943. The third kappa shape index (κ3) is 1.56. The molecule has 0 aromatic heterocycles.